The fraction of sp³-hybridized carbons (Fsp3) is 0.263. The van der Waals surface area contributed by atoms with Crippen LogP contribution in [0.3, 0.4) is 0 Å². The van der Waals surface area contributed by atoms with Crippen LogP contribution in [0.4, 0.5) is 0 Å². The van der Waals surface area contributed by atoms with Gasteiger partial charge in [0.2, 0.25) is 0 Å². The zero-order chi connectivity index (χ0) is 17.1. The summed E-state index contributed by atoms with van der Waals surface area (Å²) in [6, 6.07) is 12.3. The van der Waals surface area contributed by atoms with Crippen molar-refractivity contribution in [2.24, 2.45) is 4.99 Å². The van der Waals surface area contributed by atoms with Crippen molar-refractivity contribution in [1.82, 2.24) is 5.32 Å². The van der Waals surface area contributed by atoms with E-state index in [2.05, 4.69) is 10.3 Å². The summed E-state index contributed by atoms with van der Waals surface area (Å²) >= 11 is 0. The minimum atomic E-state index is -1.10. The number of phenols is 1. The summed E-state index contributed by atoms with van der Waals surface area (Å²) in [4.78, 5) is 16.9. The highest BCUT2D eigenvalue weighted by molar-refractivity contribution is 6.12. The van der Waals surface area contributed by atoms with Crippen molar-refractivity contribution in [3.05, 3.63) is 64.7 Å². The van der Waals surface area contributed by atoms with Crippen molar-refractivity contribution in [3.63, 3.8) is 0 Å². The summed E-state index contributed by atoms with van der Waals surface area (Å²) in [6.45, 7) is 2.81. The molecule has 24 heavy (non-hydrogen) atoms. The number of fused-ring (bicyclic) bond motifs is 1. The first-order chi connectivity index (χ1) is 11.6. The lowest BCUT2D eigenvalue weighted by Crippen LogP contribution is -2.26. The number of aliphatic hydroxyl groups excluding tert-OH is 1. The summed E-state index contributed by atoms with van der Waals surface area (Å²) in [6.07, 6.45) is -0.410. The van der Waals surface area contributed by atoms with Gasteiger partial charge in [-0.25, -0.2) is 0 Å². The maximum Gasteiger partial charge on any atom is 0.251 e. The number of aromatic hydroxyl groups is 1. The minimum Gasteiger partial charge on any atom is -0.507 e. The van der Waals surface area contributed by atoms with Crippen molar-refractivity contribution < 1.29 is 15.0 Å². The number of hydrogen-bond acceptors (Lipinski definition) is 4. The number of para-hydroxylation sites is 1. The lowest BCUT2D eigenvalue weighted by atomic mass is 9.93. The first-order valence-corrected chi connectivity index (χ1v) is 7.98. The van der Waals surface area contributed by atoms with Crippen LogP contribution in [0.2, 0.25) is 0 Å². The van der Waals surface area contributed by atoms with E-state index >= 15 is 0 Å². The zero-order valence-electron chi connectivity index (χ0n) is 13.5. The van der Waals surface area contributed by atoms with E-state index in [1.54, 1.807) is 43.3 Å². The topological polar surface area (TPSA) is 81.9 Å². The van der Waals surface area contributed by atoms with Gasteiger partial charge in [0.25, 0.3) is 5.91 Å². The molecule has 5 heteroatoms. The second kappa shape index (κ2) is 6.84. The second-order valence-electron chi connectivity index (χ2n) is 5.84. The predicted molar refractivity (Wildman–Crippen MR) is 92.6 cm³/mol. The Kier molecular flexibility index (Phi) is 4.62. The maximum atomic E-state index is 12.3. The number of aliphatic imine (C=N–C) groups is 1. The molecule has 1 heterocycles. The van der Waals surface area contributed by atoms with E-state index in [1.807, 2.05) is 6.07 Å². The molecule has 0 saturated carbocycles. The number of nitrogens with zero attached hydrogens (tertiary/aromatic N) is 1. The molecule has 1 amide bonds. The van der Waals surface area contributed by atoms with Crippen LogP contribution in [-0.2, 0) is 0 Å². The normalized spacial score (nSPS) is 16.1. The molecule has 0 aliphatic carbocycles. The van der Waals surface area contributed by atoms with Gasteiger partial charge in [-0.1, -0.05) is 36.4 Å². The van der Waals surface area contributed by atoms with E-state index in [-0.39, 0.29) is 11.7 Å². The molecule has 1 unspecified atom stereocenters. The minimum absolute atomic E-state index is 0.0505. The first kappa shape index (κ1) is 16.2. The molecule has 3 rings (SSSR count). The van der Waals surface area contributed by atoms with Gasteiger partial charge >= 0.3 is 0 Å². The standard InChI is InChI=1S/C19H20N2O3/c1-12-6-4-9-15(17(12)22)18(23)16-13-7-2-3-8-14(13)19(24)21-11-5-10-20-16/h2-4,6-9,18,22-23H,5,10-11H2,1H3,(H,21,24). The van der Waals surface area contributed by atoms with Gasteiger partial charge in [-0.2, -0.15) is 0 Å². The lowest BCUT2D eigenvalue weighted by molar-refractivity contribution is 0.0953. The second-order valence-corrected chi connectivity index (χ2v) is 5.84. The molecule has 0 saturated heterocycles. The van der Waals surface area contributed by atoms with Gasteiger partial charge in [-0.3, -0.25) is 9.79 Å². The van der Waals surface area contributed by atoms with Gasteiger partial charge in [-0.15, -0.1) is 0 Å². The fourth-order valence-corrected chi connectivity index (χ4v) is 2.85. The van der Waals surface area contributed by atoms with Crippen LogP contribution >= 0.6 is 0 Å². The number of carbonyl (C=O) groups is 1. The van der Waals surface area contributed by atoms with Gasteiger partial charge in [0.1, 0.15) is 11.9 Å². The van der Waals surface area contributed by atoms with Crippen molar-refractivity contribution in [3.8, 4) is 5.75 Å². The number of nitrogens with one attached hydrogen (secondary N) is 1. The van der Waals surface area contributed by atoms with Crippen LogP contribution in [0.1, 0.15) is 39.6 Å². The van der Waals surface area contributed by atoms with Gasteiger partial charge in [0, 0.05) is 29.8 Å². The van der Waals surface area contributed by atoms with E-state index < -0.39 is 6.10 Å². The van der Waals surface area contributed by atoms with E-state index in [9.17, 15) is 15.0 Å². The quantitative estimate of drug-likeness (QED) is 0.793. The van der Waals surface area contributed by atoms with Crippen LogP contribution in [0.15, 0.2) is 47.5 Å². The molecule has 0 fully saturated rings. The highest BCUT2D eigenvalue weighted by Gasteiger charge is 2.25. The SMILES string of the molecule is Cc1cccc(C(O)C2=NCCCNC(=O)c3ccccc32)c1O. The molecule has 2 aromatic rings. The monoisotopic (exact) mass is 324 g/mol. The fourth-order valence-electron chi connectivity index (χ4n) is 2.85. The summed E-state index contributed by atoms with van der Waals surface area (Å²) in [7, 11) is 0. The number of carbonyl (C=O) groups excluding carboxylic acids is 1. The van der Waals surface area contributed by atoms with Crippen LogP contribution in [0, 0.1) is 6.92 Å². The predicted octanol–water partition coefficient (Wildman–Crippen LogP) is 2.36. The highest BCUT2D eigenvalue weighted by Crippen LogP contribution is 2.31. The summed E-state index contributed by atoms with van der Waals surface area (Å²) in [5, 5.41) is 24.0. The molecule has 1 atom stereocenters. The molecule has 1 aliphatic heterocycles. The van der Waals surface area contributed by atoms with Crippen LogP contribution < -0.4 is 5.32 Å². The smallest absolute Gasteiger partial charge is 0.251 e. The Morgan fingerprint density at radius 1 is 1.12 bits per heavy atom. The number of phenolic OH excluding ortho intramolecular Hbond substituents is 1. The molecule has 0 radical (unpaired) electrons. The lowest BCUT2D eigenvalue weighted by Gasteiger charge is -2.18. The number of amides is 1. The van der Waals surface area contributed by atoms with Crippen LogP contribution in [0.25, 0.3) is 0 Å². The van der Waals surface area contributed by atoms with Gasteiger partial charge in [-0.05, 0) is 25.0 Å². The Balaban J connectivity index is 2.12. The highest BCUT2D eigenvalue weighted by atomic mass is 16.3. The van der Waals surface area contributed by atoms with Gasteiger partial charge in [0.15, 0.2) is 0 Å². The third-order valence-corrected chi connectivity index (χ3v) is 4.17. The summed E-state index contributed by atoms with van der Waals surface area (Å²) < 4.78 is 0. The van der Waals surface area contributed by atoms with Crippen molar-refractivity contribution in [2.45, 2.75) is 19.4 Å². The van der Waals surface area contributed by atoms with E-state index in [4.69, 9.17) is 0 Å². The van der Waals surface area contributed by atoms with E-state index in [1.165, 1.54) is 0 Å². The van der Waals surface area contributed by atoms with Gasteiger partial charge in [0.05, 0.1) is 5.71 Å². The van der Waals surface area contributed by atoms with Crippen LogP contribution in [-0.4, -0.2) is 34.9 Å². The summed E-state index contributed by atoms with van der Waals surface area (Å²) in [5.74, 6) is -0.129. The number of benzene rings is 2. The van der Waals surface area contributed by atoms with Crippen molar-refractivity contribution >= 4 is 11.6 Å². The van der Waals surface area contributed by atoms with Gasteiger partial charge < -0.3 is 15.5 Å². The molecular formula is C19H20N2O3. The van der Waals surface area contributed by atoms with Crippen molar-refractivity contribution in [2.75, 3.05) is 13.1 Å². The first-order valence-electron chi connectivity index (χ1n) is 7.98. The van der Waals surface area contributed by atoms with E-state index in [0.29, 0.717) is 47.5 Å². The number of rotatable bonds is 2. The number of aryl methyl sites for hydroxylation is 1. The zero-order valence-corrected chi connectivity index (χ0v) is 13.5. The average Bonchev–Trinajstić information content (AvgIpc) is 2.67. The largest absolute Gasteiger partial charge is 0.507 e. The molecule has 0 bridgehead atoms. The summed E-state index contributed by atoms with van der Waals surface area (Å²) in [5.41, 5.74) is 2.54. The third-order valence-electron chi connectivity index (χ3n) is 4.17. The molecule has 3 N–H and O–H groups in total. The molecule has 124 valence electrons. The molecule has 2 aromatic carbocycles. The maximum absolute atomic E-state index is 12.3. The molecule has 0 spiro atoms. The Hall–Kier alpha value is -2.66. The third kappa shape index (κ3) is 3.03. The Bertz CT molecular complexity index is 799. The number of hydrogen-bond donors (Lipinski definition) is 3. The molecule has 0 aromatic heterocycles. The molecule has 1 aliphatic rings. The van der Waals surface area contributed by atoms with E-state index in [0.717, 1.165) is 0 Å². The Morgan fingerprint density at radius 2 is 1.88 bits per heavy atom. The van der Waals surface area contributed by atoms with Crippen LogP contribution in [0.5, 0.6) is 5.75 Å². The molecular weight excluding hydrogens is 304 g/mol. The number of aliphatic hydroxyl groups is 1. The Labute approximate surface area is 140 Å². The average molecular weight is 324 g/mol. The Morgan fingerprint density at radius 3 is 2.67 bits per heavy atom. The molecule has 5 nitrogen and oxygen atoms in total. The van der Waals surface area contributed by atoms with Crippen molar-refractivity contribution in [1.29, 1.82) is 0 Å².